The number of aromatic nitrogens is 1. The van der Waals surface area contributed by atoms with Crippen molar-refractivity contribution < 1.29 is 4.42 Å². The van der Waals surface area contributed by atoms with Crippen LogP contribution in [0.15, 0.2) is 26.9 Å². The van der Waals surface area contributed by atoms with Gasteiger partial charge in [-0.15, -0.1) is 11.3 Å². The molecule has 1 unspecified atom stereocenters. The Hall–Kier alpha value is -1.70. The predicted octanol–water partition coefficient (Wildman–Crippen LogP) is 2.04. The highest BCUT2D eigenvalue weighted by molar-refractivity contribution is 7.14. The molecule has 0 aliphatic carbocycles. The van der Waals surface area contributed by atoms with E-state index >= 15 is 0 Å². The van der Waals surface area contributed by atoms with Crippen molar-refractivity contribution in [2.24, 2.45) is 16.5 Å². The smallest absolute Gasteiger partial charge is 0.188 e. The molecule has 0 amide bonds. The lowest BCUT2D eigenvalue weighted by Crippen LogP contribution is -2.22. The van der Waals surface area contributed by atoms with E-state index in [1.165, 1.54) is 11.3 Å². The molecule has 0 aliphatic heterocycles. The molecule has 0 aromatic carbocycles. The van der Waals surface area contributed by atoms with Crippen molar-refractivity contribution in [2.45, 2.75) is 25.9 Å². The Bertz CT molecular complexity index is 563. The molecule has 108 valence electrons. The summed E-state index contributed by atoms with van der Waals surface area (Å²) in [7, 11) is 0. The van der Waals surface area contributed by atoms with Gasteiger partial charge >= 0.3 is 0 Å². The normalized spacial score (nSPS) is 12.9. The van der Waals surface area contributed by atoms with Crippen LogP contribution in [0.5, 0.6) is 0 Å². The Morgan fingerprint density at radius 3 is 3.10 bits per heavy atom. The van der Waals surface area contributed by atoms with Gasteiger partial charge in [-0.25, -0.2) is 4.98 Å². The Balaban J connectivity index is 1.92. The van der Waals surface area contributed by atoms with E-state index < -0.39 is 0 Å². The van der Waals surface area contributed by atoms with Crippen LogP contribution >= 0.6 is 11.3 Å². The van der Waals surface area contributed by atoms with Crippen LogP contribution in [-0.2, 0) is 6.54 Å². The van der Waals surface area contributed by atoms with Crippen molar-refractivity contribution in [3.05, 3.63) is 23.3 Å². The SMILES string of the molecule is CCC(N)CN=CNc1nc(-c2ccc(CN)o2)cs1. The highest BCUT2D eigenvalue weighted by Crippen LogP contribution is 2.26. The lowest BCUT2D eigenvalue weighted by atomic mass is 10.2. The van der Waals surface area contributed by atoms with E-state index in [1.54, 1.807) is 6.34 Å². The molecule has 2 aromatic rings. The maximum absolute atomic E-state index is 5.77. The third kappa shape index (κ3) is 3.89. The van der Waals surface area contributed by atoms with Gasteiger partial charge in [0.15, 0.2) is 10.9 Å². The van der Waals surface area contributed by atoms with Crippen LogP contribution in [0.4, 0.5) is 5.13 Å². The molecule has 2 heterocycles. The van der Waals surface area contributed by atoms with Crippen molar-refractivity contribution in [3.8, 4) is 11.5 Å². The number of rotatable bonds is 7. The van der Waals surface area contributed by atoms with Crippen molar-refractivity contribution in [1.29, 1.82) is 0 Å². The molecule has 0 saturated carbocycles. The first-order chi connectivity index (χ1) is 9.72. The number of hydrogen-bond donors (Lipinski definition) is 3. The number of anilines is 1. The van der Waals surface area contributed by atoms with E-state index in [-0.39, 0.29) is 6.04 Å². The van der Waals surface area contributed by atoms with Gasteiger partial charge in [0.25, 0.3) is 0 Å². The zero-order valence-corrected chi connectivity index (χ0v) is 12.2. The van der Waals surface area contributed by atoms with Crippen molar-refractivity contribution in [2.75, 3.05) is 11.9 Å². The Kier molecular flexibility index (Phi) is 5.28. The lowest BCUT2D eigenvalue weighted by molar-refractivity contribution is 0.524. The van der Waals surface area contributed by atoms with Crippen LogP contribution < -0.4 is 16.8 Å². The van der Waals surface area contributed by atoms with E-state index in [2.05, 4.69) is 15.3 Å². The molecule has 2 aromatic heterocycles. The molecular weight excluding hydrogens is 274 g/mol. The van der Waals surface area contributed by atoms with Crippen molar-refractivity contribution in [3.63, 3.8) is 0 Å². The first-order valence-electron chi connectivity index (χ1n) is 6.48. The van der Waals surface area contributed by atoms with E-state index in [0.717, 1.165) is 28.8 Å². The lowest BCUT2D eigenvalue weighted by Gasteiger charge is -2.02. The van der Waals surface area contributed by atoms with Gasteiger partial charge in [-0.1, -0.05) is 6.92 Å². The largest absolute Gasteiger partial charge is 0.458 e. The molecule has 1 atom stereocenters. The average molecular weight is 293 g/mol. The standard InChI is InChI=1S/C13H19N5OS/c1-2-9(15)6-16-8-17-13-18-11(7-20-13)12-4-3-10(5-14)19-12/h3-4,7-9H,2,5-6,14-15H2,1H3,(H,16,17,18). The summed E-state index contributed by atoms with van der Waals surface area (Å²) in [5.41, 5.74) is 12.1. The molecule has 5 N–H and O–H groups in total. The van der Waals surface area contributed by atoms with Gasteiger partial charge in [-0.3, -0.25) is 4.99 Å². The number of furan rings is 1. The maximum Gasteiger partial charge on any atom is 0.188 e. The minimum Gasteiger partial charge on any atom is -0.458 e. The maximum atomic E-state index is 5.77. The molecule has 0 bridgehead atoms. The van der Waals surface area contributed by atoms with Crippen LogP contribution in [-0.4, -0.2) is 23.9 Å². The Morgan fingerprint density at radius 1 is 1.55 bits per heavy atom. The second-order valence-corrected chi connectivity index (χ2v) is 5.17. The van der Waals surface area contributed by atoms with Crippen LogP contribution in [0.2, 0.25) is 0 Å². The van der Waals surface area contributed by atoms with Crippen LogP contribution in [0.3, 0.4) is 0 Å². The summed E-state index contributed by atoms with van der Waals surface area (Å²) in [4.78, 5) is 8.62. The molecule has 6 nitrogen and oxygen atoms in total. The zero-order chi connectivity index (χ0) is 14.4. The van der Waals surface area contributed by atoms with Gasteiger partial charge in [0.2, 0.25) is 0 Å². The minimum absolute atomic E-state index is 0.109. The van der Waals surface area contributed by atoms with Gasteiger partial charge in [0, 0.05) is 11.4 Å². The van der Waals surface area contributed by atoms with Crippen LogP contribution in [0.1, 0.15) is 19.1 Å². The number of nitrogens with one attached hydrogen (secondary N) is 1. The van der Waals surface area contributed by atoms with E-state index in [1.807, 2.05) is 24.4 Å². The molecule has 0 spiro atoms. The first kappa shape index (κ1) is 14.7. The second kappa shape index (κ2) is 7.18. The van der Waals surface area contributed by atoms with Gasteiger partial charge in [-0.2, -0.15) is 0 Å². The Labute approximate surface area is 121 Å². The fourth-order valence-corrected chi connectivity index (χ4v) is 2.16. The van der Waals surface area contributed by atoms with Gasteiger partial charge < -0.3 is 21.2 Å². The molecule has 0 fully saturated rings. The monoisotopic (exact) mass is 293 g/mol. The van der Waals surface area contributed by atoms with Gasteiger partial charge in [-0.05, 0) is 18.6 Å². The number of thiazole rings is 1. The molecule has 7 heteroatoms. The summed E-state index contributed by atoms with van der Waals surface area (Å²) >= 11 is 1.49. The quantitative estimate of drug-likeness (QED) is 0.535. The fraction of sp³-hybridized carbons (Fsp3) is 0.385. The first-order valence-corrected chi connectivity index (χ1v) is 7.36. The molecule has 0 radical (unpaired) electrons. The van der Waals surface area contributed by atoms with E-state index in [9.17, 15) is 0 Å². The van der Waals surface area contributed by atoms with E-state index in [0.29, 0.717) is 13.1 Å². The van der Waals surface area contributed by atoms with Gasteiger partial charge in [0.1, 0.15) is 11.5 Å². The van der Waals surface area contributed by atoms with Crippen molar-refractivity contribution >= 4 is 22.8 Å². The number of hydrogen-bond acceptors (Lipinski definition) is 6. The summed E-state index contributed by atoms with van der Waals surface area (Å²) in [5, 5.41) is 5.72. The number of nitrogens with two attached hydrogens (primary N) is 2. The highest BCUT2D eigenvalue weighted by Gasteiger charge is 2.08. The van der Waals surface area contributed by atoms with Crippen LogP contribution in [0.25, 0.3) is 11.5 Å². The second-order valence-electron chi connectivity index (χ2n) is 4.31. The molecule has 2 rings (SSSR count). The topological polar surface area (TPSA) is 102 Å². The predicted molar refractivity (Wildman–Crippen MR) is 83.0 cm³/mol. The van der Waals surface area contributed by atoms with Crippen molar-refractivity contribution in [1.82, 2.24) is 4.98 Å². The van der Waals surface area contributed by atoms with E-state index in [4.69, 9.17) is 15.9 Å². The summed E-state index contributed by atoms with van der Waals surface area (Å²) in [6.45, 7) is 3.04. The molecule has 20 heavy (non-hydrogen) atoms. The fourth-order valence-electron chi connectivity index (χ4n) is 1.50. The highest BCUT2D eigenvalue weighted by atomic mass is 32.1. The van der Waals surface area contributed by atoms with Crippen LogP contribution in [0, 0.1) is 0 Å². The summed E-state index contributed by atoms with van der Waals surface area (Å²) in [6, 6.07) is 3.84. The number of nitrogens with zero attached hydrogens (tertiary/aromatic N) is 2. The Morgan fingerprint density at radius 2 is 2.40 bits per heavy atom. The average Bonchev–Trinajstić information content (AvgIpc) is 3.11. The zero-order valence-electron chi connectivity index (χ0n) is 11.4. The molecule has 0 aliphatic rings. The molecule has 0 saturated heterocycles. The molecular formula is C13H19N5OS. The summed E-state index contributed by atoms with van der Waals surface area (Å²) in [6.07, 6.45) is 2.55. The number of aliphatic imine (C=N–C) groups is 1. The third-order valence-electron chi connectivity index (χ3n) is 2.76. The minimum atomic E-state index is 0.109. The summed E-state index contributed by atoms with van der Waals surface area (Å²) in [5.74, 6) is 1.47. The van der Waals surface area contributed by atoms with Gasteiger partial charge in [0.05, 0.1) is 19.4 Å². The summed E-state index contributed by atoms with van der Waals surface area (Å²) < 4.78 is 5.55. The third-order valence-corrected chi connectivity index (χ3v) is 3.54.